The maximum Gasteiger partial charge on any atom is 0.309 e. The van der Waals surface area contributed by atoms with Crippen LogP contribution in [0.15, 0.2) is 30.3 Å². The second-order valence-corrected chi connectivity index (χ2v) is 13.2. The highest BCUT2D eigenvalue weighted by Gasteiger charge is 2.40. The third-order valence-electron chi connectivity index (χ3n) is 6.23. The Bertz CT molecular complexity index is 548. The van der Waals surface area contributed by atoms with Gasteiger partial charge in [0.2, 0.25) is 0 Å². The van der Waals surface area contributed by atoms with E-state index in [2.05, 4.69) is 13.8 Å². The Kier molecular flexibility index (Phi) is 6.86. The molecule has 0 saturated heterocycles. The summed E-state index contributed by atoms with van der Waals surface area (Å²) in [5, 5.41) is -0.0249. The molecule has 3 nitrogen and oxygen atoms in total. The predicted octanol–water partition coefficient (Wildman–Crippen LogP) is 5.29. The molecule has 1 aromatic rings. The van der Waals surface area contributed by atoms with Crippen molar-refractivity contribution in [2.24, 2.45) is 11.8 Å². The quantitative estimate of drug-likeness (QED) is 0.529. The van der Waals surface area contributed by atoms with Crippen molar-refractivity contribution in [3.63, 3.8) is 0 Å². The van der Waals surface area contributed by atoms with Gasteiger partial charge in [-0.3, -0.25) is 4.79 Å². The van der Waals surface area contributed by atoms with Crippen LogP contribution in [0.5, 0.6) is 0 Å². The summed E-state index contributed by atoms with van der Waals surface area (Å²) in [6.07, 6.45) is 6.36. The third kappa shape index (κ3) is 5.68. The predicted molar refractivity (Wildman–Crippen MR) is 105 cm³/mol. The van der Waals surface area contributed by atoms with Crippen LogP contribution in [-0.4, -0.2) is 19.1 Å². The molecule has 0 bridgehead atoms. The first-order chi connectivity index (χ1) is 11.7. The molecular weight excluding hydrogens is 328 g/mol. The Morgan fingerprint density at radius 1 is 1.20 bits per heavy atom. The average molecular weight is 363 g/mol. The molecule has 25 heavy (non-hydrogen) atoms. The van der Waals surface area contributed by atoms with Crippen LogP contribution >= 0.6 is 0 Å². The topological polar surface area (TPSA) is 46.5 Å². The standard InChI is InChI=1S/C21H34O3Si/c1-21(2,25(3,4)23)15-14-18-12-8-9-13-19(18)20(22)24-16-17-10-6-5-7-11-17/h5-7,10-11,18-19,23H,8-9,12-16H2,1-4H3/t18-,19-/m0/s1. The van der Waals surface area contributed by atoms with Gasteiger partial charge in [0.25, 0.3) is 0 Å². The molecule has 2 atom stereocenters. The van der Waals surface area contributed by atoms with Gasteiger partial charge in [-0.1, -0.05) is 57.0 Å². The van der Waals surface area contributed by atoms with E-state index < -0.39 is 8.32 Å². The van der Waals surface area contributed by atoms with Crippen LogP contribution in [0.2, 0.25) is 18.1 Å². The SMILES string of the molecule is CC(C)(CC[C@@H]1CCCC[C@@H]1C(=O)OCc1ccccc1)[Si](C)(C)O. The highest BCUT2D eigenvalue weighted by atomic mass is 28.4. The van der Waals surface area contributed by atoms with Crippen molar-refractivity contribution in [3.05, 3.63) is 35.9 Å². The van der Waals surface area contributed by atoms with Crippen molar-refractivity contribution >= 4 is 14.3 Å². The second-order valence-electron chi connectivity index (χ2n) is 8.73. The molecule has 0 amide bonds. The minimum Gasteiger partial charge on any atom is -0.461 e. The lowest BCUT2D eigenvalue weighted by Gasteiger charge is -2.38. The molecule has 0 spiro atoms. The molecule has 140 valence electrons. The van der Waals surface area contributed by atoms with Gasteiger partial charge in [0.1, 0.15) is 6.61 Å². The summed E-state index contributed by atoms with van der Waals surface area (Å²) in [6.45, 7) is 8.74. The molecule has 1 N–H and O–H groups in total. The Labute approximate surface area is 153 Å². The summed E-state index contributed by atoms with van der Waals surface area (Å²) in [5.41, 5.74) is 1.04. The van der Waals surface area contributed by atoms with E-state index in [-0.39, 0.29) is 16.9 Å². The van der Waals surface area contributed by atoms with Crippen molar-refractivity contribution in [1.82, 2.24) is 0 Å². The Morgan fingerprint density at radius 3 is 2.48 bits per heavy atom. The number of ether oxygens (including phenoxy) is 1. The second kappa shape index (κ2) is 8.50. The Hall–Kier alpha value is -1.13. The van der Waals surface area contributed by atoms with Gasteiger partial charge in [0, 0.05) is 0 Å². The fourth-order valence-corrected chi connectivity index (χ4v) is 4.31. The van der Waals surface area contributed by atoms with Crippen LogP contribution in [0.3, 0.4) is 0 Å². The number of carbonyl (C=O) groups is 1. The number of hydrogen-bond donors (Lipinski definition) is 1. The van der Waals surface area contributed by atoms with Crippen molar-refractivity contribution in [3.8, 4) is 0 Å². The van der Waals surface area contributed by atoms with Crippen molar-refractivity contribution in [2.45, 2.75) is 77.1 Å². The van der Waals surface area contributed by atoms with Gasteiger partial charge in [0.05, 0.1) is 5.92 Å². The molecule has 0 radical (unpaired) electrons. The maximum absolute atomic E-state index is 12.6. The van der Waals surface area contributed by atoms with Crippen LogP contribution in [0.4, 0.5) is 0 Å². The van der Waals surface area contributed by atoms with Gasteiger partial charge in [-0.25, -0.2) is 0 Å². The molecule has 1 aliphatic carbocycles. The summed E-state index contributed by atoms with van der Waals surface area (Å²) in [6, 6.07) is 9.88. The molecule has 0 unspecified atom stereocenters. The largest absolute Gasteiger partial charge is 0.461 e. The number of carbonyl (C=O) groups excluding carboxylic acids is 1. The molecule has 1 fully saturated rings. The van der Waals surface area contributed by atoms with Gasteiger partial charge < -0.3 is 9.53 Å². The summed E-state index contributed by atoms with van der Waals surface area (Å²) in [5.74, 6) is 0.385. The van der Waals surface area contributed by atoms with E-state index in [1.54, 1.807) is 0 Å². The highest BCUT2D eigenvalue weighted by Crippen LogP contribution is 2.44. The zero-order valence-corrected chi connectivity index (χ0v) is 17.3. The van der Waals surface area contributed by atoms with E-state index in [1.165, 1.54) is 6.42 Å². The van der Waals surface area contributed by atoms with E-state index in [0.717, 1.165) is 37.7 Å². The van der Waals surface area contributed by atoms with Gasteiger partial charge in [-0.05, 0) is 55.3 Å². The zero-order valence-electron chi connectivity index (χ0n) is 16.3. The summed E-state index contributed by atoms with van der Waals surface area (Å²) in [4.78, 5) is 23.1. The lowest BCUT2D eigenvalue weighted by atomic mass is 9.76. The molecule has 4 heteroatoms. The van der Waals surface area contributed by atoms with Crippen molar-refractivity contribution in [1.29, 1.82) is 0 Å². The molecule has 2 rings (SSSR count). The third-order valence-corrected chi connectivity index (χ3v) is 9.79. The van der Waals surface area contributed by atoms with Crippen LogP contribution in [-0.2, 0) is 16.1 Å². The summed E-state index contributed by atoms with van der Waals surface area (Å²) in [7, 11) is -2.19. The molecule has 0 heterocycles. The fourth-order valence-electron chi connectivity index (χ4n) is 3.55. The monoisotopic (exact) mass is 362 g/mol. The van der Waals surface area contributed by atoms with E-state index in [9.17, 15) is 9.59 Å². The molecule has 1 aliphatic rings. The molecular formula is C21H34O3Si. The highest BCUT2D eigenvalue weighted by molar-refractivity contribution is 6.72. The van der Waals surface area contributed by atoms with Crippen molar-refractivity contribution < 1.29 is 14.3 Å². The molecule has 1 saturated carbocycles. The number of rotatable bonds is 7. The van der Waals surface area contributed by atoms with Crippen LogP contribution < -0.4 is 0 Å². The minimum atomic E-state index is -2.19. The zero-order chi connectivity index (χ0) is 18.5. The Balaban J connectivity index is 1.92. The fraction of sp³-hybridized carbons (Fsp3) is 0.667. The van der Waals surface area contributed by atoms with Crippen LogP contribution in [0.1, 0.15) is 57.9 Å². The summed E-state index contributed by atoms with van der Waals surface area (Å²) < 4.78 is 5.62. The lowest BCUT2D eigenvalue weighted by molar-refractivity contribution is -0.153. The van der Waals surface area contributed by atoms with E-state index >= 15 is 0 Å². The number of esters is 1. The van der Waals surface area contributed by atoms with Gasteiger partial charge in [-0.2, -0.15) is 0 Å². The number of benzene rings is 1. The van der Waals surface area contributed by atoms with E-state index in [4.69, 9.17) is 4.74 Å². The smallest absolute Gasteiger partial charge is 0.309 e. The summed E-state index contributed by atoms with van der Waals surface area (Å²) >= 11 is 0. The first kappa shape index (κ1) is 20.2. The maximum atomic E-state index is 12.6. The van der Waals surface area contributed by atoms with Crippen LogP contribution in [0, 0.1) is 11.8 Å². The molecule has 1 aromatic carbocycles. The first-order valence-electron chi connectivity index (χ1n) is 9.64. The molecule has 0 aliphatic heterocycles. The van der Waals surface area contributed by atoms with Gasteiger partial charge >= 0.3 is 5.97 Å². The van der Waals surface area contributed by atoms with E-state index in [0.29, 0.717) is 12.5 Å². The minimum absolute atomic E-state index is 0.0248. The number of hydrogen-bond acceptors (Lipinski definition) is 3. The normalized spacial score (nSPS) is 21.8. The molecule has 0 aromatic heterocycles. The van der Waals surface area contributed by atoms with Gasteiger partial charge in [-0.15, -0.1) is 0 Å². The Morgan fingerprint density at radius 2 is 1.84 bits per heavy atom. The van der Waals surface area contributed by atoms with Crippen LogP contribution in [0.25, 0.3) is 0 Å². The first-order valence-corrected chi connectivity index (χ1v) is 12.6. The lowest BCUT2D eigenvalue weighted by Crippen LogP contribution is -2.39. The van der Waals surface area contributed by atoms with Gasteiger partial charge in [0.15, 0.2) is 8.32 Å². The van der Waals surface area contributed by atoms with Crippen molar-refractivity contribution in [2.75, 3.05) is 0 Å². The van der Waals surface area contributed by atoms with E-state index in [1.807, 2.05) is 43.4 Å². The average Bonchev–Trinajstić information content (AvgIpc) is 2.58.